The zero-order valence-electron chi connectivity index (χ0n) is 10.2. The smallest absolute Gasteiger partial charge is 0.146 e. The van der Waals surface area contributed by atoms with Crippen LogP contribution in [-0.2, 0) is 11.2 Å². The van der Waals surface area contributed by atoms with Gasteiger partial charge in [-0.15, -0.1) is 0 Å². The Morgan fingerprint density at radius 3 is 2.62 bits per heavy atom. The number of carbonyl (C=O) groups is 1. The van der Waals surface area contributed by atoms with Gasteiger partial charge >= 0.3 is 0 Å². The Bertz CT molecular complexity index is 358. The molecule has 0 spiro atoms. The highest BCUT2D eigenvalue weighted by Gasteiger charge is 2.13. The van der Waals surface area contributed by atoms with Crippen LogP contribution in [-0.4, -0.2) is 10.6 Å². The van der Waals surface area contributed by atoms with Gasteiger partial charge < -0.3 is 0 Å². The number of Topliss-reactive ketones (excluding diaryl/α,β-unsaturated/α-hetero) is 1. The average molecular weight is 283 g/mol. The molecule has 88 valence electrons. The second kappa shape index (κ2) is 6.19. The molecule has 0 bridgehead atoms. The predicted octanol–water partition coefficient (Wildman–Crippen LogP) is 4.10. The van der Waals surface area contributed by atoms with Gasteiger partial charge in [0.25, 0.3) is 0 Å². The summed E-state index contributed by atoms with van der Waals surface area (Å²) in [6, 6.07) is 8.49. The van der Waals surface area contributed by atoms with Gasteiger partial charge in [0.2, 0.25) is 0 Å². The monoisotopic (exact) mass is 282 g/mol. The molecule has 1 rings (SSSR count). The topological polar surface area (TPSA) is 17.1 Å². The third kappa shape index (κ3) is 3.75. The fraction of sp³-hybridized carbons (Fsp3) is 0.500. The van der Waals surface area contributed by atoms with E-state index in [9.17, 15) is 4.79 Å². The minimum absolute atomic E-state index is 0.0417. The first-order chi connectivity index (χ1) is 7.54. The van der Waals surface area contributed by atoms with Crippen molar-refractivity contribution in [1.82, 2.24) is 0 Å². The van der Waals surface area contributed by atoms with Crippen molar-refractivity contribution in [1.29, 1.82) is 0 Å². The molecule has 0 aliphatic carbocycles. The van der Waals surface area contributed by atoms with Crippen molar-refractivity contribution < 1.29 is 4.79 Å². The SMILES string of the molecule is CCC(=O)C(Br)Cc1cccc(C(C)C)c1. The van der Waals surface area contributed by atoms with E-state index in [1.165, 1.54) is 11.1 Å². The molecule has 1 aromatic carbocycles. The second-order valence-electron chi connectivity index (χ2n) is 4.39. The number of carbonyl (C=O) groups excluding carboxylic acids is 1. The third-order valence-electron chi connectivity index (χ3n) is 2.73. The first-order valence-corrected chi connectivity index (χ1v) is 6.71. The van der Waals surface area contributed by atoms with E-state index in [-0.39, 0.29) is 10.6 Å². The van der Waals surface area contributed by atoms with Crippen LogP contribution in [0.1, 0.15) is 44.2 Å². The summed E-state index contributed by atoms with van der Waals surface area (Å²) in [5, 5.41) is 0. The van der Waals surface area contributed by atoms with E-state index in [2.05, 4.69) is 54.0 Å². The number of ketones is 1. The van der Waals surface area contributed by atoms with Gasteiger partial charge in [-0.25, -0.2) is 0 Å². The van der Waals surface area contributed by atoms with E-state index in [0.29, 0.717) is 12.3 Å². The molecular formula is C14H19BrO. The van der Waals surface area contributed by atoms with E-state index in [4.69, 9.17) is 0 Å². The molecule has 0 amide bonds. The zero-order valence-corrected chi connectivity index (χ0v) is 11.8. The largest absolute Gasteiger partial charge is 0.298 e. The summed E-state index contributed by atoms with van der Waals surface area (Å²) in [5.41, 5.74) is 2.57. The fourth-order valence-electron chi connectivity index (χ4n) is 1.62. The lowest BCUT2D eigenvalue weighted by atomic mass is 9.98. The molecule has 1 unspecified atom stereocenters. The van der Waals surface area contributed by atoms with Gasteiger partial charge in [0.05, 0.1) is 4.83 Å². The van der Waals surface area contributed by atoms with E-state index < -0.39 is 0 Å². The van der Waals surface area contributed by atoms with Crippen LogP contribution in [0.2, 0.25) is 0 Å². The quantitative estimate of drug-likeness (QED) is 0.744. The van der Waals surface area contributed by atoms with Crippen LogP contribution in [0.5, 0.6) is 0 Å². The normalized spacial score (nSPS) is 12.8. The van der Waals surface area contributed by atoms with Crippen molar-refractivity contribution in [2.75, 3.05) is 0 Å². The highest BCUT2D eigenvalue weighted by molar-refractivity contribution is 9.10. The molecule has 1 aromatic rings. The molecule has 1 atom stereocenters. The highest BCUT2D eigenvalue weighted by atomic mass is 79.9. The minimum atomic E-state index is -0.0417. The Kier molecular flexibility index (Phi) is 5.20. The molecular weight excluding hydrogens is 264 g/mol. The zero-order chi connectivity index (χ0) is 12.1. The van der Waals surface area contributed by atoms with Crippen LogP contribution in [0, 0.1) is 0 Å². The predicted molar refractivity (Wildman–Crippen MR) is 72.2 cm³/mol. The number of halogens is 1. The Balaban J connectivity index is 2.74. The molecule has 0 heterocycles. The van der Waals surface area contributed by atoms with Gasteiger partial charge in [-0.1, -0.05) is 61.0 Å². The van der Waals surface area contributed by atoms with E-state index >= 15 is 0 Å². The standard InChI is InChI=1S/C14H19BrO/c1-4-14(16)13(15)9-11-6-5-7-12(8-11)10(2)3/h5-8,10,13H,4,9H2,1-3H3. The van der Waals surface area contributed by atoms with Gasteiger partial charge in [0, 0.05) is 6.42 Å². The first-order valence-electron chi connectivity index (χ1n) is 5.80. The van der Waals surface area contributed by atoms with E-state index in [0.717, 1.165) is 6.42 Å². The summed E-state index contributed by atoms with van der Waals surface area (Å²) >= 11 is 3.45. The fourth-order valence-corrected chi connectivity index (χ4v) is 2.32. The lowest BCUT2D eigenvalue weighted by Crippen LogP contribution is -2.15. The molecule has 16 heavy (non-hydrogen) atoms. The number of alkyl halides is 1. The van der Waals surface area contributed by atoms with Crippen LogP contribution < -0.4 is 0 Å². The maximum absolute atomic E-state index is 11.5. The molecule has 0 aliphatic heterocycles. The highest BCUT2D eigenvalue weighted by Crippen LogP contribution is 2.18. The van der Waals surface area contributed by atoms with Crippen molar-refractivity contribution in [3.8, 4) is 0 Å². The Morgan fingerprint density at radius 2 is 2.06 bits per heavy atom. The van der Waals surface area contributed by atoms with Gasteiger partial charge in [-0.05, 0) is 23.5 Å². The number of hydrogen-bond acceptors (Lipinski definition) is 1. The van der Waals surface area contributed by atoms with Crippen LogP contribution >= 0.6 is 15.9 Å². The molecule has 0 saturated heterocycles. The lowest BCUT2D eigenvalue weighted by Gasteiger charge is -2.10. The van der Waals surface area contributed by atoms with E-state index in [1.54, 1.807) is 0 Å². The minimum Gasteiger partial charge on any atom is -0.298 e. The van der Waals surface area contributed by atoms with Gasteiger partial charge in [0.15, 0.2) is 0 Å². The van der Waals surface area contributed by atoms with Crippen LogP contribution in [0.25, 0.3) is 0 Å². The van der Waals surface area contributed by atoms with Crippen molar-refractivity contribution in [2.24, 2.45) is 0 Å². The van der Waals surface area contributed by atoms with E-state index in [1.807, 2.05) is 6.92 Å². The lowest BCUT2D eigenvalue weighted by molar-refractivity contribution is -0.118. The van der Waals surface area contributed by atoms with Crippen molar-refractivity contribution >= 4 is 21.7 Å². The molecule has 1 nitrogen and oxygen atoms in total. The summed E-state index contributed by atoms with van der Waals surface area (Å²) < 4.78 is 0. The molecule has 0 aromatic heterocycles. The van der Waals surface area contributed by atoms with Crippen molar-refractivity contribution in [3.05, 3.63) is 35.4 Å². The maximum Gasteiger partial charge on any atom is 0.146 e. The first kappa shape index (κ1) is 13.4. The number of hydrogen-bond donors (Lipinski definition) is 0. The summed E-state index contributed by atoms with van der Waals surface area (Å²) in [6.45, 7) is 6.27. The molecule has 0 aliphatic rings. The summed E-state index contributed by atoms with van der Waals surface area (Å²) in [6.07, 6.45) is 1.38. The number of benzene rings is 1. The second-order valence-corrected chi connectivity index (χ2v) is 5.50. The third-order valence-corrected chi connectivity index (χ3v) is 3.56. The van der Waals surface area contributed by atoms with Gasteiger partial charge in [0.1, 0.15) is 5.78 Å². The Morgan fingerprint density at radius 1 is 1.38 bits per heavy atom. The molecule has 0 fully saturated rings. The number of rotatable bonds is 5. The molecule has 2 heteroatoms. The molecule has 0 N–H and O–H groups in total. The average Bonchev–Trinajstić information content (AvgIpc) is 2.28. The van der Waals surface area contributed by atoms with Crippen molar-refractivity contribution in [2.45, 2.75) is 44.4 Å². The summed E-state index contributed by atoms with van der Waals surface area (Å²) in [5.74, 6) is 0.811. The van der Waals surface area contributed by atoms with Crippen LogP contribution in [0.15, 0.2) is 24.3 Å². The van der Waals surface area contributed by atoms with Gasteiger partial charge in [-0.2, -0.15) is 0 Å². The Hall–Kier alpha value is -0.630. The molecule has 0 radical (unpaired) electrons. The van der Waals surface area contributed by atoms with Crippen LogP contribution in [0.3, 0.4) is 0 Å². The maximum atomic E-state index is 11.5. The van der Waals surface area contributed by atoms with Gasteiger partial charge in [-0.3, -0.25) is 4.79 Å². The summed E-state index contributed by atoms with van der Waals surface area (Å²) in [4.78, 5) is 11.4. The van der Waals surface area contributed by atoms with Crippen molar-refractivity contribution in [3.63, 3.8) is 0 Å². The summed E-state index contributed by atoms with van der Waals surface area (Å²) in [7, 11) is 0. The van der Waals surface area contributed by atoms with Crippen LogP contribution in [0.4, 0.5) is 0 Å². The molecule has 0 saturated carbocycles. The Labute approximate surface area is 106 Å².